The molecule has 0 bridgehead atoms. The predicted molar refractivity (Wildman–Crippen MR) is 92.6 cm³/mol. The van der Waals surface area contributed by atoms with Crippen LogP contribution in [0.1, 0.15) is 22.8 Å². The molecule has 0 spiro atoms. The van der Waals surface area contributed by atoms with Crippen molar-refractivity contribution < 1.29 is 9.59 Å². The average molecular weight is 320 g/mol. The maximum Gasteiger partial charge on any atom is 0.221 e. The number of carbonyl (C=O) groups excluding carboxylic acids is 2. The van der Waals surface area contributed by atoms with Gasteiger partial charge in [0.05, 0.1) is 5.52 Å². The molecule has 0 saturated heterocycles. The summed E-state index contributed by atoms with van der Waals surface area (Å²) in [6.07, 6.45) is 3.24. The van der Waals surface area contributed by atoms with E-state index in [1.54, 1.807) is 35.0 Å². The fourth-order valence-electron chi connectivity index (χ4n) is 2.38. The first kappa shape index (κ1) is 15.6. The van der Waals surface area contributed by atoms with Gasteiger partial charge in [0, 0.05) is 25.2 Å². The Balaban J connectivity index is 1.80. The van der Waals surface area contributed by atoms with Crippen molar-refractivity contribution in [3.05, 3.63) is 59.7 Å². The monoisotopic (exact) mass is 320 g/mol. The predicted octanol–water partition coefficient (Wildman–Crippen LogP) is 2.82. The quantitative estimate of drug-likeness (QED) is 0.592. The van der Waals surface area contributed by atoms with Crippen LogP contribution >= 0.6 is 0 Å². The first-order chi connectivity index (χ1) is 11.5. The normalized spacial score (nSPS) is 11.1. The van der Waals surface area contributed by atoms with Crippen LogP contribution in [-0.2, 0) is 11.8 Å². The van der Waals surface area contributed by atoms with Crippen molar-refractivity contribution in [1.82, 2.24) is 15.0 Å². The zero-order valence-corrected chi connectivity index (χ0v) is 13.4. The highest BCUT2D eigenvalue weighted by molar-refractivity contribution is 6.07. The third kappa shape index (κ3) is 3.38. The van der Waals surface area contributed by atoms with Gasteiger partial charge in [0.1, 0.15) is 5.52 Å². The van der Waals surface area contributed by atoms with Gasteiger partial charge in [0.2, 0.25) is 5.91 Å². The highest BCUT2D eigenvalue weighted by Gasteiger charge is 2.05. The summed E-state index contributed by atoms with van der Waals surface area (Å²) in [5.41, 5.74) is 3.69. The van der Waals surface area contributed by atoms with E-state index in [0.29, 0.717) is 11.3 Å². The number of ketones is 1. The smallest absolute Gasteiger partial charge is 0.221 e. The Kier molecular flexibility index (Phi) is 4.20. The molecule has 0 atom stereocenters. The minimum Gasteiger partial charge on any atom is -0.326 e. The molecule has 0 aliphatic heterocycles. The van der Waals surface area contributed by atoms with Crippen LogP contribution in [0.3, 0.4) is 0 Å². The van der Waals surface area contributed by atoms with E-state index in [2.05, 4.69) is 15.6 Å². The van der Waals surface area contributed by atoms with Crippen LogP contribution in [-0.4, -0.2) is 26.7 Å². The van der Waals surface area contributed by atoms with E-state index in [1.807, 2.05) is 25.2 Å². The Morgan fingerprint density at radius 3 is 2.79 bits per heavy atom. The van der Waals surface area contributed by atoms with Gasteiger partial charge in [0.15, 0.2) is 5.78 Å². The van der Waals surface area contributed by atoms with E-state index in [1.165, 1.54) is 13.0 Å². The largest absolute Gasteiger partial charge is 0.326 e. The molecule has 1 N–H and O–H groups in total. The van der Waals surface area contributed by atoms with Crippen molar-refractivity contribution in [2.24, 2.45) is 7.05 Å². The molecule has 1 aromatic heterocycles. The Morgan fingerprint density at radius 1 is 1.17 bits per heavy atom. The Labute approximate surface area is 138 Å². The molecule has 3 rings (SSSR count). The molecule has 0 radical (unpaired) electrons. The molecule has 0 aliphatic rings. The number of rotatable bonds is 4. The van der Waals surface area contributed by atoms with Crippen LogP contribution in [0, 0.1) is 0 Å². The number of anilines is 1. The summed E-state index contributed by atoms with van der Waals surface area (Å²) >= 11 is 0. The first-order valence-corrected chi connectivity index (χ1v) is 7.42. The van der Waals surface area contributed by atoms with Crippen LogP contribution in [0.4, 0.5) is 5.69 Å². The Hall–Kier alpha value is -3.28. The molecule has 3 aromatic rings. The SMILES string of the molecule is CC(=O)Nc1cccc(C(=O)/C=C\c2ccc3c(c2)nnn3C)c1. The summed E-state index contributed by atoms with van der Waals surface area (Å²) < 4.78 is 1.70. The Morgan fingerprint density at radius 2 is 2.00 bits per heavy atom. The number of aromatic nitrogens is 3. The van der Waals surface area contributed by atoms with Gasteiger partial charge in [-0.15, -0.1) is 5.10 Å². The average Bonchev–Trinajstić information content (AvgIpc) is 2.93. The van der Waals surface area contributed by atoms with Crippen LogP contribution in [0.25, 0.3) is 17.1 Å². The number of hydrogen-bond donors (Lipinski definition) is 1. The van der Waals surface area contributed by atoms with Crippen LogP contribution < -0.4 is 5.32 Å². The number of aryl methyl sites for hydroxylation is 1. The van der Waals surface area contributed by atoms with E-state index in [9.17, 15) is 9.59 Å². The zero-order chi connectivity index (χ0) is 17.1. The van der Waals surface area contributed by atoms with Gasteiger partial charge in [0.25, 0.3) is 0 Å². The standard InChI is InChI=1S/C18H16N4O2/c1-12(23)19-15-5-3-4-14(11-15)18(24)9-7-13-6-8-17-16(10-13)20-21-22(17)2/h3-11H,1-2H3,(H,19,23)/b9-7-. The molecule has 6 heteroatoms. The minimum atomic E-state index is -0.174. The van der Waals surface area contributed by atoms with Gasteiger partial charge >= 0.3 is 0 Å². The van der Waals surface area contributed by atoms with E-state index >= 15 is 0 Å². The van der Waals surface area contributed by atoms with Crippen molar-refractivity contribution in [3.63, 3.8) is 0 Å². The third-order valence-electron chi connectivity index (χ3n) is 3.53. The van der Waals surface area contributed by atoms with E-state index in [0.717, 1.165) is 16.6 Å². The number of hydrogen-bond acceptors (Lipinski definition) is 4. The molecule has 6 nitrogen and oxygen atoms in total. The fourth-order valence-corrected chi connectivity index (χ4v) is 2.38. The fraction of sp³-hybridized carbons (Fsp3) is 0.111. The molecule has 1 heterocycles. The molecule has 0 unspecified atom stereocenters. The molecule has 24 heavy (non-hydrogen) atoms. The maximum atomic E-state index is 12.3. The lowest BCUT2D eigenvalue weighted by atomic mass is 10.1. The van der Waals surface area contributed by atoms with Crippen molar-refractivity contribution in [1.29, 1.82) is 0 Å². The summed E-state index contributed by atoms with van der Waals surface area (Å²) in [5.74, 6) is -0.311. The third-order valence-corrected chi connectivity index (χ3v) is 3.53. The van der Waals surface area contributed by atoms with Gasteiger partial charge in [-0.2, -0.15) is 0 Å². The van der Waals surface area contributed by atoms with Crippen LogP contribution in [0.2, 0.25) is 0 Å². The number of nitrogens with one attached hydrogen (secondary N) is 1. The lowest BCUT2D eigenvalue weighted by Gasteiger charge is -2.03. The highest BCUT2D eigenvalue weighted by Crippen LogP contribution is 2.15. The second-order valence-electron chi connectivity index (χ2n) is 5.42. The van der Waals surface area contributed by atoms with Gasteiger partial charge in [-0.05, 0) is 35.9 Å². The molecule has 0 aliphatic carbocycles. The number of fused-ring (bicyclic) bond motifs is 1. The van der Waals surface area contributed by atoms with Gasteiger partial charge in [-0.1, -0.05) is 29.5 Å². The van der Waals surface area contributed by atoms with Gasteiger partial charge in [-0.3, -0.25) is 9.59 Å². The molecule has 2 aromatic carbocycles. The molecule has 120 valence electrons. The topological polar surface area (TPSA) is 76.9 Å². The first-order valence-electron chi connectivity index (χ1n) is 7.42. The number of benzene rings is 2. The second kappa shape index (κ2) is 6.45. The number of amides is 1. The molecule has 1 amide bonds. The summed E-state index contributed by atoms with van der Waals surface area (Å²) in [7, 11) is 1.83. The van der Waals surface area contributed by atoms with E-state index in [-0.39, 0.29) is 11.7 Å². The van der Waals surface area contributed by atoms with Crippen LogP contribution in [0.5, 0.6) is 0 Å². The molecular formula is C18H16N4O2. The van der Waals surface area contributed by atoms with Gasteiger partial charge in [-0.25, -0.2) is 4.68 Å². The summed E-state index contributed by atoms with van der Waals surface area (Å²) in [6, 6.07) is 12.5. The summed E-state index contributed by atoms with van der Waals surface area (Å²) in [4.78, 5) is 23.4. The summed E-state index contributed by atoms with van der Waals surface area (Å²) in [5, 5.41) is 10.7. The molecule has 0 fully saturated rings. The maximum absolute atomic E-state index is 12.3. The highest BCUT2D eigenvalue weighted by atomic mass is 16.1. The Bertz CT molecular complexity index is 957. The van der Waals surface area contributed by atoms with Crippen molar-refractivity contribution >= 4 is 34.5 Å². The van der Waals surface area contributed by atoms with Crippen molar-refractivity contribution in [2.45, 2.75) is 6.92 Å². The van der Waals surface area contributed by atoms with Crippen molar-refractivity contribution in [3.8, 4) is 0 Å². The molecular weight excluding hydrogens is 304 g/mol. The zero-order valence-electron chi connectivity index (χ0n) is 13.4. The van der Waals surface area contributed by atoms with Crippen LogP contribution in [0.15, 0.2) is 48.5 Å². The molecule has 0 saturated carbocycles. The second-order valence-corrected chi connectivity index (χ2v) is 5.42. The van der Waals surface area contributed by atoms with Gasteiger partial charge < -0.3 is 5.32 Å². The van der Waals surface area contributed by atoms with Crippen molar-refractivity contribution in [2.75, 3.05) is 5.32 Å². The lowest BCUT2D eigenvalue weighted by Crippen LogP contribution is -2.06. The number of nitrogens with zero attached hydrogens (tertiary/aromatic N) is 3. The number of carbonyl (C=O) groups is 2. The minimum absolute atomic E-state index is 0.138. The number of allylic oxidation sites excluding steroid dienone is 1. The van der Waals surface area contributed by atoms with E-state index < -0.39 is 0 Å². The van der Waals surface area contributed by atoms with E-state index in [4.69, 9.17) is 0 Å². The summed E-state index contributed by atoms with van der Waals surface area (Å²) in [6.45, 7) is 1.43. The lowest BCUT2D eigenvalue weighted by molar-refractivity contribution is -0.114.